The Morgan fingerprint density at radius 3 is 2.75 bits per heavy atom. The summed E-state index contributed by atoms with van der Waals surface area (Å²) in [7, 11) is 0. The molecule has 5 nitrogen and oxygen atoms in total. The van der Waals surface area contributed by atoms with Crippen molar-refractivity contribution < 1.29 is 9.52 Å². The molecule has 2 rings (SSSR count). The normalized spacial score (nSPS) is 18.2. The molecule has 0 aromatic carbocycles. The summed E-state index contributed by atoms with van der Waals surface area (Å²) in [5, 5.41) is 16.6. The van der Waals surface area contributed by atoms with Gasteiger partial charge in [0.05, 0.1) is 6.61 Å². The minimum absolute atomic E-state index is 0.0879. The highest BCUT2D eigenvalue weighted by Gasteiger charge is 2.28. The zero-order valence-electron chi connectivity index (χ0n) is 9.27. The Morgan fingerprint density at radius 1 is 1.56 bits per heavy atom. The van der Waals surface area contributed by atoms with Crippen molar-refractivity contribution >= 4 is 17.6 Å². The monoisotopic (exact) mass is 245 g/mol. The molecular weight excluding hydrogens is 230 g/mol. The summed E-state index contributed by atoms with van der Waals surface area (Å²) < 4.78 is 5.48. The summed E-state index contributed by atoms with van der Waals surface area (Å²) in [6, 6.07) is 0.896. The van der Waals surface area contributed by atoms with E-state index in [1.807, 2.05) is 4.90 Å². The molecule has 0 bridgehead atoms. The second kappa shape index (κ2) is 5.01. The van der Waals surface area contributed by atoms with E-state index in [4.69, 9.17) is 21.1 Å². The predicted octanol–water partition coefficient (Wildman–Crippen LogP) is 1.72. The van der Waals surface area contributed by atoms with E-state index in [1.165, 1.54) is 6.42 Å². The zero-order valence-corrected chi connectivity index (χ0v) is 10.0. The van der Waals surface area contributed by atoms with Crippen LogP contribution in [0.1, 0.15) is 37.5 Å². The molecule has 0 aliphatic heterocycles. The largest absolute Gasteiger partial charge is 0.406 e. The van der Waals surface area contributed by atoms with Gasteiger partial charge in [0, 0.05) is 12.6 Å². The number of rotatable bonds is 5. The van der Waals surface area contributed by atoms with Crippen LogP contribution in [0.2, 0.25) is 0 Å². The Hall–Kier alpha value is -0.810. The lowest BCUT2D eigenvalue weighted by Gasteiger charge is -2.35. The molecule has 1 fully saturated rings. The molecule has 1 unspecified atom stereocenters. The Kier molecular flexibility index (Phi) is 3.66. The van der Waals surface area contributed by atoms with E-state index >= 15 is 0 Å². The van der Waals surface area contributed by atoms with Crippen LogP contribution < -0.4 is 4.90 Å². The average Bonchev–Trinajstić information content (AvgIpc) is 2.62. The van der Waals surface area contributed by atoms with Crippen LogP contribution in [0.15, 0.2) is 4.42 Å². The number of hydrogen-bond donors (Lipinski definition) is 1. The van der Waals surface area contributed by atoms with Gasteiger partial charge in [-0.1, -0.05) is 5.10 Å². The number of aromatic nitrogens is 2. The maximum atomic E-state index is 9.02. The number of alkyl halides is 1. The van der Waals surface area contributed by atoms with Crippen LogP contribution in [0.3, 0.4) is 0 Å². The fourth-order valence-corrected chi connectivity index (χ4v) is 1.83. The Morgan fingerprint density at radius 2 is 2.31 bits per heavy atom. The highest BCUT2D eigenvalue weighted by Crippen LogP contribution is 2.29. The van der Waals surface area contributed by atoms with Gasteiger partial charge in [0.15, 0.2) is 0 Å². The number of anilines is 1. The minimum Gasteiger partial charge on any atom is -0.406 e. The van der Waals surface area contributed by atoms with E-state index in [0.29, 0.717) is 24.5 Å². The van der Waals surface area contributed by atoms with Crippen LogP contribution in [-0.2, 0) is 0 Å². The van der Waals surface area contributed by atoms with E-state index in [9.17, 15) is 0 Å². The van der Waals surface area contributed by atoms with Gasteiger partial charge in [0.2, 0.25) is 5.89 Å². The van der Waals surface area contributed by atoms with Gasteiger partial charge in [-0.05, 0) is 26.2 Å². The molecule has 1 heterocycles. The van der Waals surface area contributed by atoms with Gasteiger partial charge in [0.1, 0.15) is 5.38 Å². The van der Waals surface area contributed by atoms with Gasteiger partial charge in [-0.15, -0.1) is 16.7 Å². The molecule has 1 N–H and O–H groups in total. The smallest absolute Gasteiger partial charge is 0.318 e. The molecular formula is C10H16ClN3O2. The quantitative estimate of drug-likeness (QED) is 0.801. The number of aliphatic hydroxyl groups excluding tert-OH is 1. The fourth-order valence-electron chi connectivity index (χ4n) is 1.74. The third kappa shape index (κ3) is 2.30. The lowest BCUT2D eigenvalue weighted by molar-refractivity contribution is 0.275. The molecule has 90 valence electrons. The Balaban J connectivity index is 2.10. The summed E-state index contributed by atoms with van der Waals surface area (Å²) in [4.78, 5) is 1.97. The van der Waals surface area contributed by atoms with Crippen LogP contribution in [-0.4, -0.2) is 34.5 Å². The summed E-state index contributed by atoms with van der Waals surface area (Å²) in [5.74, 6) is 0.430. The Labute approximate surface area is 99.4 Å². The molecule has 0 radical (unpaired) electrons. The van der Waals surface area contributed by atoms with Crippen molar-refractivity contribution in [2.24, 2.45) is 0 Å². The molecule has 1 atom stereocenters. The van der Waals surface area contributed by atoms with Crippen LogP contribution in [0.5, 0.6) is 0 Å². The number of nitrogens with zero attached hydrogens (tertiary/aromatic N) is 3. The van der Waals surface area contributed by atoms with Crippen molar-refractivity contribution in [3.05, 3.63) is 5.89 Å². The van der Waals surface area contributed by atoms with Gasteiger partial charge < -0.3 is 14.4 Å². The summed E-state index contributed by atoms with van der Waals surface area (Å²) in [5.41, 5.74) is 0. The van der Waals surface area contributed by atoms with E-state index in [-0.39, 0.29) is 12.0 Å². The highest BCUT2D eigenvalue weighted by molar-refractivity contribution is 6.20. The molecule has 16 heavy (non-hydrogen) atoms. The zero-order chi connectivity index (χ0) is 11.5. The van der Waals surface area contributed by atoms with Crippen LogP contribution in [0.4, 0.5) is 6.01 Å². The maximum absolute atomic E-state index is 9.02. The van der Waals surface area contributed by atoms with Crippen molar-refractivity contribution in [2.45, 2.75) is 37.6 Å². The van der Waals surface area contributed by atoms with Gasteiger partial charge >= 0.3 is 6.01 Å². The number of halogens is 1. The minimum atomic E-state index is -0.279. The molecule has 0 amide bonds. The fraction of sp³-hybridized carbons (Fsp3) is 0.800. The van der Waals surface area contributed by atoms with Gasteiger partial charge in [0.25, 0.3) is 0 Å². The summed E-state index contributed by atoms with van der Waals surface area (Å²) in [6.07, 6.45) is 3.46. The third-order valence-corrected chi connectivity index (χ3v) is 3.06. The first-order valence-electron chi connectivity index (χ1n) is 5.57. The summed E-state index contributed by atoms with van der Waals surface area (Å²) >= 11 is 5.86. The van der Waals surface area contributed by atoms with Gasteiger partial charge in [-0.2, -0.15) is 0 Å². The second-order valence-corrected chi connectivity index (χ2v) is 4.70. The van der Waals surface area contributed by atoms with Crippen molar-refractivity contribution in [3.63, 3.8) is 0 Å². The SMILES string of the molecule is CC(Cl)c1nnc(N(CCO)C2CCC2)o1. The first-order valence-corrected chi connectivity index (χ1v) is 6.01. The van der Waals surface area contributed by atoms with Crippen molar-refractivity contribution in [2.75, 3.05) is 18.1 Å². The molecule has 1 aromatic heterocycles. The molecule has 1 saturated carbocycles. The first-order chi connectivity index (χ1) is 7.72. The van der Waals surface area contributed by atoms with Gasteiger partial charge in [-0.25, -0.2) is 0 Å². The molecule has 0 saturated heterocycles. The lowest BCUT2D eigenvalue weighted by Crippen LogP contribution is -2.42. The standard InChI is InChI=1S/C10H16ClN3O2/c1-7(11)9-12-13-10(16-9)14(5-6-15)8-3-2-4-8/h7-8,15H,2-6H2,1H3. The molecule has 1 aromatic rings. The summed E-state index contributed by atoms with van der Waals surface area (Å²) in [6.45, 7) is 2.41. The molecule has 1 aliphatic rings. The second-order valence-electron chi connectivity index (χ2n) is 4.04. The van der Waals surface area contributed by atoms with Gasteiger partial charge in [-0.3, -0.25) is 0 Å². The topological polar surface area (TPSA) is 62.4 Å². The predicted molar refractivity (Wildman–Crippen MR) is 60.6 cm³/mol. The van der Waals surface area contributed by atoms with E-state index < -0.39 is 0 Å². The van der Waals surface area contributed by atoms with Crippen molar-refractivity contribution in [1.82, 2.24) is 10.2 Å². The van der Waals surface area contributed by atoms with Crippen LogP contribution in [0.25, 0.3) is 0 Å². The maximum Gasteiger partial charge on any atom is 0.318 e. The van der Waals surface area contributed by atoms with E-state index in [1.54, 1.807) is 6.92 Å². The van der Waals surface area contributed by atoms with Crippen molar-refractivity contribution in [1.29, 1.82) is 0 Å². The molecule has 1 aliphatic carbocycles. The third-order valence-electron chi connectivity index (χ3n) is 2.87. The van der Waals surface area contributed by atoms with Crippen LogP contribution in [0, 0.1) is 0 Å². The number of aliphatic hydroxyl groups is 1. The molecule has 0 spiro atoms. The van der Waals surface area contributed by atoms with E-state index in [0.717, 1.165) is 12.8 Å². The Bertz CT molecular complexity index is 339. The number of hydrogen-bond acceptors (Lipinski definition) is 5. The highest BCUT2D eigenvalue weighted by atomic mass is 35.5. The first kappa shape index (κ1) is 11.7. The average molecular weight is 246 g/mol. The van der Waals surface area contributed by atoms with E-state index in [2.05, 4.69) is 10.2 Å². The van der Waals surface area contributed by atoms with Crippen LogP contribution >= 0.6 is 11.6 Å². The molecule has 6 heteroatoms. The van der Waals surface area contributed by atoms with Crippen molar-refractivity contribution in [3.8, 4) is 0 Å². The lowest BCUT2D eigenvalue weighted by atomic mass is 9.92.